The first kappa shape index (κ1) is 28.2. The number of piperazine rings is 1. The summed E-state index contributed by atoms with van der Waals surface area (Å²) >= 11 is 0. The Hall–Kier alpha value is -3.38. The van der Waals surface area contributed by atoms with Crippen LogP contribution in [0.4, 0.5) is 16.0 Å². The van der Waals surface area contributed by atoms with Crippen molar-refractivity contribution in [1.29, 1.82) is 0 Å². The molecule has 0 saturated carbocycles. The summed E-state index contributed by atoms with van der Waals surface area (Å²) in [6.45, 7) is 9.33. The molecule has 2 aromatic heterocycles. The maximum atomic E-state index is 14.4. The minimum absolute atomic E-state index is 0.0499. The number of rotatable bonds is 6. The zero-order valence-corrected chi connectivity index (χ0v) is 24.2. The van der Waals surface area contributed by atoms with E-state index in [0.717, 1.165) is 17.1 Å². The third-order valence-electron chi connectivity index (χ3n) is 7.93. The summed E-state index contributed by atoms with van der Waals surface area (Å²) in [7, 11) is -3.05. The molecule has 3 aromatic rings. The number of piperidine rings is 1. The van der Waals surface area contributed by atoms with Gasteiger partial charge in [-0.15, -0.1) is 0 Å². The van der Waals surface area contributed by atoms with Gasteiger partial charge in [0.05, 0.1) is 17.5 Å². The molecule has 1 atom stereocenters. The lowest BCUT2D eigenvalue weighted by Gasteiger charge is -2.41. The van der Waals surface area contributed by atoms with Gasteiger partial charge in [0.2, 0.25) is 5.95 Å². The number of carbonyl (C=O) groups excluding carboxylic acids is 1. The summed E-state index contributed by atoms with van der Waals surface area (Å²) < 4.78 is 39.6. The predicted octanol–water partition coefficient (Wildman–Crippen LogP) is 2.96. The Balaban J connectivity index is 1.28. The van der Waals surface area contributed by atoms with Crippen LogP contribution in [0.15, 0.2) is 36.7 Å². The molecule has 0 spiro atoms. The minimum atomic E-state index is -3.05. The molecule has 214 valence electrons. The molecule has 0 bridgehead atoms. The summed E-state index contributed by atoms with van der Waals surface area (Å²) in [4.78, 5) is 28.3. The van der Waals surface area contributed by atoms with Crippen molar-refractivity contribution in [2.75, 3.05) is 55.3 Å². The van der Waals surface area contributed by atoms with E-state index in [2.05, 4.69) is 31.8 Å². The number of nitrogens with zero attached hydrogens (tertiary/aromatic N) is 7. The van der Waals surface area contributed by atoms with Crippen LogP contribution in [-0.2, 0) is 9.84 Å². The second-order valence-corrected chi connectivity index (χ2v) is 13.3. The zero-order valence-electron chi connectivity index (χ0n) is 23.4. The third kappa shape index (κ3) is 6.02. The van der Waals surface area contributed by atoms with Crippen LogP contribution in [0.25, 0.3) is 11.1 Å². The van der Waals surface area contributed by atoms with E-state index in [1.165, 1.54) is 23.1 Å². The fraction of sp³-hybridized carbons (Fsp3) is 0.500. The molecule has 1 aromatic carbocycles. The Morgan fingerprint density at radius 2 is 1.73 bits per heavy atom. The number of sulfone groups is 1. The number of carbonyl (C=O) groups is 1. The van der Waals surface area contributed by atoms with E-state index in [1.54, 1.807) is 18.5 Å². The summed E-state index contributed by atoms with van der Waals surface area (Å²) in [5.74, 6) is 0.155. The van der Waals surface area contributed by atoms with Gasteiger partial charge >= 0.3 is 0 Å². The van der Waals surface area contributed by atoms with Gasteiger partial charge in [0.15, 0.2) is 0 Å². The van der Waals surface area contributed by atoms with Crippen LogP contribution in [0, 0.1) is 19.7 Å². The molecule has 2 aliphatic heterocycles. The number of aromatic nitrogens is 4. The average Bonchev–Trinajstić information content (AvgIpc) is 3.27. The van der Waals surface area contributed by atoms with Crippen LogP contribution < -0.4 is 9.80 Å². The number of hydrogen-bond donors (Lipinski definition) is 0. The monoisotopic (exact) mass is 569 g/mol. The average molecular weight is 570 g/mol. The van der Waals surface area contributed by atoms with Crippen molar-refractivity contribution in [2.24, 2.45) is 0 Å². The normalized spacial score (nSPS) is 19.3. The second kappa shape index (κ2) is 11.2. The van der Waals surface area contributed by atoms with E-state index in [-0.39, 0.29) is 29.6 Å². The van der Waals surface area contributed by atoms with Crippen molar-refractivity contribution in [3.8, 4) is 11.1 Å². The van der Waals surface area contributed by atoms with Crippen LogP contribution in [0.1, 0.15) is 35.9 Å². The minimum Gasteiger partial charge on any atom is -0.368 e. The molecule has 0 radical (unpaired) electrons. The quantitative estimate of drug-likeness (QED) is 0.443. The number of aryl methyl sites for hydroxylation is 2. The summed E-state index contributed by atoms with van der Waals surface area (Å²) in [5, 5.41) is 4.00. The lowest BCUT2D eigenvalue weighted by molar-refractivity contribution is 0.0785. The molecule has 0 amide bonds. The van der Waals surface area contributed by atoms with Crippen LogP contribution >= 0.6 is 0 Å². The standard InChI is InChI=1S/C28H36FN7O3S/c1-19-13-20(2)36(32-19)27(37)18-34-11-12-35(17-21(34)3)26-6-5-23(29)14-25(26)22-15-30-28(31-16-22)33-9-7-24(8-10-33)40(4,38)39/h5-6,13-16,21,24H,7-12,17-18H2,1-4H3. The van der Waals surface area contributed by atoms with Crippen molar-refractivity contribution in [2.45, 2.75) is 44.9 Å². The molecule has 2 fully saturated rings. The fourth-order valence-corrected chi connectivity index (χ4v) is 6.76. The van der Waals surface area contributed by atoms with Crippen molar-refractivity contribution in [1.82, 2.24) is 24.6 Å². The topological polar surface area (TPSA) is 105 Å². The van der Waals surface area contributed by atoms with E-state index in [1.807, 2.05) is 24.8 Å². The van der Waals surface area contributed by atoms with Crippen LogP contribution in [0.3, 0.4) is 0 Å². The molecule has 10 nitrogen and oxygen atoms in total. The van der Waals surface area contributed by atoms with Gasteiger partial charge in [-0.2, -0.15) is 5.10 Å². The Morgan fingerprint density at radius 3 is 2.33 bits per heavy atom. The molecule has 2 aliphatic rings. The number of anilines is 2. The van der Waals surface area contributed by atoms with Crippen molar-refractivity contribution in [3.63, 3.8) is 0 Å². The first-order chi connectivity index (χ1) is 19.0. The van der Waals surface area contributed by atoms with E-state index < -0.39 is 9.84 Å². The van der Waals surface area contributed by atoms with E-state index in [0.29, 0.717) is 62.6 Å². The maximum absolute atomic E-state index is 14.4. The highest BCUT2D eigenvalue weighted by atomic mass is 32.2. The lowest BCUT2D eigenvalue weighted by Crippen LogP contribution is -2.54. The predicted molar refractivity (Wildman–Crippen MR) is 153 cm³/mol. The van der Waals surface area contributed by atoms with Crippen molar-refractivity contribution in [3.05, 3.63) is 53.9 Å². The molecular weight excluding hydrogens is 533 g/mol. The van der Waals surface area contributed by atoms with Crippen LogP contribution in [-0.4, -0.2) is 95.8 Å². The van der Waals surface area contributed by atoms with Gasteiger partial charge in [-0.05, 0) is 57.9 Å². The Bertz CT molecular complexity index is 1480. The molecule has 0 N–H and O–H groups in total. The van der Waals surface area contributed by atoms with E-state index in [9.17, 15) is 17.6 Å². The number of benzene rings is 1. The van der Waals surface area contributed by atoms with Crippen LogP contribution in [0.5, 0.6) is 0 Å². The molecule has 40 heavy (non-hydrogen) atoms. The SMILES string of the molecule is Cc1cc(C)n(C(=O)CN2CCN(c3ccc(F)cc3-c3cnc(N4CCC(S(C)(=O)=O)CC4)nc3)CC2C)n1. The van der Waals surface area contributed by atoms with Crippen LogP contribution in [0.2, 0.25) is 0 Å². The van der Waals surface area contributed by atoms with E-state index in [4.69, 9.17) is 0 Å². The van der Waals surface area contributed by atoms with Gasteiger partial charge in [0, 0.05) is 79.9 Å². The second-order valence-electron chi connectivity index (χ2n) is 10.9. The smallest absolute Gasteiger partial charge is 0.261 e. The molecule has 0 aliphatic carbocycles. The van der Waals surface area contributed by atoms with Gasteiger partial charge in [-0.3, -0.25) is 9.69 Å². The maximum Gasteiger partial charge on any atom is 0.261 e. The molecule has 1 unspecified atom stereocenters. The first-order valence-electron chi connectivity index (χ1n) is 13.6. The molecule has 12 heteroatoms. The van der Waals surface area contributed by atoms with Gasteiger partial charge in [-0.1, -0.05) is 0 Å². The third-order valence-corrected chi connectivity index (χ3v) is 9.61. The highest BCUT2D eigenvalue weighted by molar-refractivity contribution is 7.91. The van der Waals surface area contributed by atoms with Crippen molar-refractivity contribution < 1.29 is 17.6 Å². The molecule has 4 heterocycles. The Morgan fingerprint density at radius 1 is 1.02 bits per heavy atom. The van der Waals surface area contributed by atoms with Crippen molar-refractivity contribution >= 4 is 27.4 Å². The van der Waals surface area contributed by atoms with E-state index >= 15 is 0 Å². The Labute approximate surface area is 234 Å². The summed E-state index contributed by atoms with van der Waals surface area (Å²) in [6.07, 6.45) is 5.80. The highest BCUT2D eigenvalue weighted by Gasteiger charge is 2.29. The summed E-state index contributed by atoms with van der Waals surface area (Å²) in [6, 6.07) is 6.75. The molecule has 2 saturated heterocycles. The largest absolute Gasteiger partial charge is 0.368 e. The summed E-state index contributed by atoms with van der Waals surface area (Å²) in [5.41, 5.74) is 3.96. The molecular formula is C28H36FN7O3S. The zero-order chi connectivity index (χ0) is 28.6. The van der Waals surface area contributed by atoms with Gasteiger partial charge in [0.1, 0.15) is 15.7 Å². The number of halogens is 1. The molecule has 5 rings (SSSR count). The van der Waals surface area contributed by atoms with Gasteiger partial charge < -0.3 is 9.80 Å². The lowest BCUT2D eigenvalue weighted by atomic mass is 10.0. The highest BCUT2D eigenvalue weighted by Crippen LogP contribution is 2.33. The Kier molecular flexibility index (Phi) is 7.92. The van der Waals surface area contributed by atoms with Gasteiger partial charge in [0.25, 0.3) is 5.91 Å². The fourth-order valence-electron chi connectivity index (χ4n) is 5.69. The van der Waals surface area contributed by atoms with Gasteiger partial charge in [-0.25, -0.2) is 27.5 Å². The first-order valence-corrected chi connectivity index (χ1v) is 15.6. The number of hydrogen-bond acceptors (Lipinski definition) is 9.